The fourth-order valence-electron chi connectivity index (χ4n) is 4.04. The van der Waals surface area contributed by atoms with E-state index in [0.717, 1.165) is 13.1 Å². The first-order chi connectivity index (χ1) is 17.9. The molecular weight excluding hydrogens is 540 g/mol. The van der Waals surface area contributed by atoms with Crippen LogP contribution in [0.4, 0.5) is 4.39 Å². The number of benzene rings is 2. The second kappa shape index (κ2) is 11.1. The van der Waals surface area contributed by atoms with Gasteiger partial charge in [-0.3, -0.25) is 14.9 Å². The summed E-state index contributed by atoms with van der Waals surface area (Å²) in [5.74, 6) is -0.134. The number of nitrogens with one attached hydrogen (secondary N) is 2. The normalized spacial score (nSPS) is 15.1. The second-order valence-corrected chi connectivity index (χ2v) is 9.59. The second-order valence-electron chi connectivity index (χ2n) is 8.38. The fourth-order valence-corrected chi connectivity index (χ4v) is 5.05. The molecule has 1 saturated heterocycles. The predicted molar refractivity (Wildman–Crippen MR) is 144 cm³/mol. The number of pyridine rings is 1. The van der Waals surface area contributed by atoms with Crippen LogP contribution in [0.5, 0.6) is 5.75 Å². The quantitative estimate of drug-likeness (QED) is 0.279. The lowest BCUT2D eigenvalue weighted by Crippen LogP contribution is -2.46. The van der Waals surface area contributed by atoms with Crippen molar-refractivity contribution >= 4 is 63.5 Å². The van der Waals surface area contributed by atoms with Gasteiger partial charge in [-0.15, -0.1) is 0 Å². The minimum atomic E-state index is -0.967. The van der Waals surface area contributed by atoms with E-state index < -0.39 is 11.4 Å². The minimum absolute atomic E-state index is 0.0600. The molecule has 5 rings (SSSR count). The number of piperazine rings is 1. The standard InChI is InChI=1S/C26H21Cl3FN5O2/c27-19-13-32-14-20(28)24(19)25(29)37-17-5-6-22-18(11-17)23(34-33-22)12-21(30)15-1-3-16(4-2-15)26(36)35-9-7-31-8-10-35/h1-6,11-14,25,31H,7-10H2,(H,33,34)/b21-12-. The lowest BCUT2D eigenvalue weighted by atomic mass is 10.1. The molecule has 4 aromatic rings. The number of halogens is 4. The molecule has 1 unspecified atom stereocenters. The number of H-pyrrole nitrogens is 1. The number of hydrogen-bond donors (Lipinski definition) is 2. The highest BCUT2D eigenvalue weighted by Gasteiger charge is 2.20. The summed E-state index contributed by atoms with van der Waals surface area (Å²) in [7, 11) is 0. The van der Waals surface area contributed by atoms with Crippen molar-refractivity contribution in [2.24, 2.45) is 0 Å². The van der Waals surface area contributed by atoms with Crippen LogP contribution in [0.1, 0.15) is 32.7 Å². The van der Waals surface area contributed by atoms with Crippen LogP contribution in [-0.2, 0) is 0 Å². The zero-order valence-corrected chi connectivity index (χ0v) is 21.6. The van der Waals surface area contributed by atoms with Crippen LogP contribution in [-0.4, -0.2) is 52.2 Å². The summed E-state index contributed by atoms with van der Waals surface area (Å²) in [5.41, 5.74) is 1.36. The first-order valence-corrected chi connectivity index (χ1v) is 12.7. The SMILES string of the molecule is O=C(c1ccc(/C(F)=C/c2n[nH]c3ccc(OC(Cl)c4c(Cl)cncc4Cl)cc23)cc1)N1CCNCC1. The molecule has 1 atom stereocenters. The minimum Gasteiger partial charge on any atom is -0.470 e. The van der Waals surface area contributed by atoms with Crippen LogP contribution in [0.25, 0.3) is 22.8 Å². The number of ether oxygens (including phenoxy) is 1. The van der Waals surface area contributed by atoms with E-state index in [4.69, 9.17) is 39.5 Å². The molecule has 1 amide bonds. The molecule has 1 fully saturated rings. The zero-order chi connectivity index (χ0) is 25.9. The first-order valence-electron chi connectivity index (χ1n) is 11.5. The number of rotatable bonds is 6. The Labute approximate surface area is 227 Å². The van der Waals surface area contributed by atoms with Crippen molar-refractivity contribution in [3.8, 4) is 5.75 Å². The van der Waals surface area contributed by atoms with Crippen LogP contribution >= 0.6 is 34.8 Å². The number of alkyl halides is 1. The topological polar surface area (TPSA) is 83.1 Å². The molecule has 0 bridgehead atoms. The molecule has 190 valence electrons. The molecule has 1 aliphatic rings. The monoisotopic (exact) mass is 559 g/mol. The van der Waals surface area contributed by atoms with Crippen molar-refractivity contribution in [3.63, 3.8) is 0 Å². The van der Waals surface area contributed by atoms with E-state index in [0.29, 0.717) is 52.1 Å². The number of nitrogens with zero attached hydrogens (tertiary/aromatic N) is 3. The molecule has 0 spiro atoms. The summed E-state index contributed by atoms with van der Waals surface area (Å²) in [6.07, 6.45) is 4.19. The Bertz CT molecular complexity index is 1450. The Morgan fingerprint density at radius 3 is 2.43 bits per heavy atom. The van der Waals surface area contributed by atoms with Gasteiger partial charge in [-0.25, -0.2) is 4.39 Å². The van der Waals surface area contributed by atoms with Crippen molar-refractivity contribution < 1.29 is 13.9 Å². The number of carbonyl (C=O) groups excluding carboxylic acids is 1. The van der Waals surface area contributed by atoms with Crippen LogP contribution in [0.15, 0.2) is 54.9 Å². The molecule has 2 aromatic heterocycles. The van der Waals surface area contributed by atoms with E-state index in [9.17, 15) is 4.79 Å². The Morgan fingerprint density at radius 2 is 1.73 bits per heavy atom. The zero-order valence-electron chi connectivity index (χ0n) is 19.3. The molecule has 0 aliphatic carbocycles. The Hall–Kier alpha value is -3.17. The van der Waals surface area contributed by atoms with E-state index in [-0.39, 0.29) is 16.0 Å². The number of amides is 1. The largest absolute Gasteiger partial charge is 0.470 e. The summed E-state index contributed by atoms with van der Waals surface area (Å²) in [6.45, 7) is 2.84. The molecule has 0 saturated carbocycles. The van der Waals surface area contributed by atoms with Crippen LogP contribution in [0.2, 0.25) is 10.0 Å². The maximum Gasteiger partial charge on any atom is 0.253 e. The van der Waals surface area contributed by atoms with Crippen LogP contribution < -0.4 is 10.1 Å². The summed E-state index contributed by atoms with van der Waals surface area (Å²) in [6, 6.07) is 11.6. The molecule has 1 aliphatic heterocycles. The third-order valence-corrected chi connectivity index (χ3v) is 6.91. The number of aromatic amines is 1. The molecule has 7 nitrogen and oxygen atoms in total. The van der Waals surface area contributed by atoms with Gasteiger partial charge in [0.25, 0.3) is 5.91 Å². The van der Waals surface area contributed by atoms with Gasteiger partial charge in [-0.1, -0.05) is 46.9 Å². The average molecular weight is 561 g/mol. The van der Waals surface area contributed by atoms with E-state index >= 15 is 4.39 Å². The highest BCUT2D eigenvalue weighted by atomic mass is 35.5. The van der Waals surface area contributed by atoms with Gasteiger partial charge in [0.15, 0.2) is 0 Å². The third-order valence-electron chi connectivity index (χ3n) is 6.00. The molecular formula is C26H21Cl3FN5O2. The highest BCUT2D eigenvalue weighted by Crippen LogP contribution is 2.36. The van der Waals surface area contributed by atoms with Crippen LogP contribution in [0.3, 0.4) is 0 Å². The summed E-state index contributed by atoms with van der Waals surface area (Å²) in [4.78, 5) is 18.4. The van der Waals surface area contributed by atoms with Gasteiger partial charge in [-0.05, 0) is 30.3 Å². The van der Waals surface area contributed by atoms with Crippen molar-refractivity contribution in [1.82, 2.24) is 25.4 Å². The van der Waals surface area contributed by atoms with Crippen molar-refractivity contribution in [1.29, 1.82) is 0 Å². The Morgan fingerprint density at radius 1 is 1.05 bits per heavy atom. The smallest absolute Gasteiger partial charge is 0.253 e. The Balaban J connectivity index is 1.35. The number of hydrogen-bond acceptors (Lipinski definition) is 5. The summed E-state index contributed by atoms with van der Waals surface area (Å²) in [5, 5.41) is 11.5. The van der Waals surface area contributed by atoms with Gasteiger partial charge >= 0.3 is 0 Å². The number of fused-ring (bicyclic) bond motifs is 1. The molecule has 11 heteroatoms. The molecule has 2 aromatic carbocycles. The molecule has 2 N–H and O–H groups in total. The van der Waals surface area contributed by atoms with Gasteiger partial charge in [0.2, 0.25) is 5.56 Å². The van der Waals surface area contributed by atoms with Gasteiger partial charge in [0, 0.05) is 66.7 Å². The van der Waals surface area contributed by atoms with Crippen molar-refractivity contribution in [2.75, 3.05) is 26.2 Å². The first kappa shape index (κ1) is 25.5. The lowest BCUT2D eigenvalue weighted by Gasteiger charge is -2.27. The summed E-state index contributed by atoms with van der Waals surface area (Å²) < 4.78 is 21.0. The maximum atomic E-state index is 15.2. The van der Waals surface area contributed by atoms with Crippen LogP contribution in [0, 0.1) is 0 Å². The fraction of sp³-hybridized carbons (Fsp3) is 0.192. The van der Waals surface area contributed by atoms with Gasteiger partial charge < -0.3 is 15.0 Å². The van der Waals surface area contributed by atoms with Gasteiger partial charge in [-0.2, -0.15) is 5.10 Å². The van der Waals surface area contributed by atoms with Gasteiger partial charge in [0.1, 0.15) is 11.6 Å². The van der Waals surface area contributed by atoms with Crippen molar-refractivity contribution in [3.05, 3.63) is 87.3 Å². The average Bonchev–Trinajstić information content (AvgIpc) is 3.30. The lowest BCUT2D eigenvalue weighted by molar-refractivity contribution is 0.0736. The van der Waals surface area contributed by atoms with E-state index in [2.05, 4.69) is 20.5 Å². The maximum absolute atomic E-state index is 15.2. The highest BCUT2D eigenvalue weighted by molar-refractivity contribution is 6.37. The third kappa shape index (κ3) is 5.57. The Kier molecular flexibility index (Phi) is 7.62. The van der Waals surface area contributed by atoms with Gasteiger partial charge in [0.05, 0.1) is 21.3 Å². The van der Waals surface area contributed by atoms with Crippen molar-refractivity contribution in [2.45, 2.75) is 5.56 Å². The summed E-state index contributed by atoms with van der Waals surface area (Å²) >= 11 is 18.8. The molecule has 37 heavy (non-hydrogen) atoms. The van der Waals surface area contributed by atoms with E-state index in [1.54, 1.807) is 47.4 Å². The van der Waals surface area contributed by atoms with E-state index in [1.165, 1.54) is 18.5 Å². The molecule has 3 heterocycles. The van der Waals surface area contributed by atoms with E-state index in [1.807, 2.05) is 0 Å². The number of aromatic nitrogens is 3. The molecule has 0 radical (unpaired) electrons. The number of carbonyl (C=O) groups is 1. The predicted octanol–water partition coefficient (Wildman–Crippen LogP) is 6.09.